The summed E-state index contributed by atoms with van der Waals surface area (Å²) in [6.07, 6.45) is 1.98. The average Bonchev–Trinajstić information content (AvgIpc) is 2.60. The van der Waals surface area contributed by atoms with Crippen LogP contribution in [0.3, 0.4) is 0 Å². The summed E-state index contributed by atoms with van der Waals surface area (Å²) < 4.78 is 11.1. The highest BCUT2D eigenvalue weighted by atomic mass is 16.7. The predicted octanol–water partition coefficient (Wildman–Crippen LogP) is 1.08. The number of ether oxygens (including phenoxy) is 2. The lowest BCUT2D eigenvalue weighted by atomic mass is 9.81. The molecular formula is C11H16O4. The molecular weight excluding hydrogens is 196 g/mol. The number of hydrogen-bond donors (Lipinski definition) is 0. The van der Waals surface area contributed by atoms with Crippen LogP contribution in [0, 0.1) is 5.92 Å². The molecule has 0 N–H and O–H groups in total. The van der Waals surface area contributed by atoms with Crippen molar-refractivity contribution < 1.29 is 19.1 Å². The number of Topliss-reactive ketones (excluding diaryl/α,β-unsaturated/α-hetero) is 2. The molecule has 0 aromatic rings. The van der Waals surface area contributed by atoms with Crippen LogP contribution < -0.4 is 0 Å². The molecule has 15 heavy (non-hydrogen) atoms. The molecule has 1 spiro atoms. The zero-order chi connectivity index (χ0) is 10.9. The number of rotatable bonds is 2. The summed E-state index contributed by atoms with van der Waals surface area (Å²) in [6, 6.07) is 0. The minimum atomic E-state index is -0.561. The van der Waals surface area contributed by atoms with Crippen LogP contribution in [-0.4, -0.2) is 30.6 Å². The molecule has 1 atom stereocenters. The maximum Gasteiger partial charge on any atom is 0.169 e. The summed E-state index contributed by atoms with van der Waals surface area (Å²) in [4.78, 5) is 22.6. The van der Waals surface area contributed by atoms with Crippen molar-refractivity contribution in [2.24, 2.45) is 5.92 Å². The second-order valence-corrected chi connectivity index (χ2v) is 4.38. The normalized spacial score (nSPS) is 29.7. The van der Waals surface area contributed by atoms with E-state index in [1.54, 1.807) is 0 Å². The van der Waals surface area contributed by atoms with Crippen molar-refractivity contribution in [1.29, 1.82) is 0 Å². The lowest BCUT2D eigenvalue weighted by Crippen LogP contribution is -2.41. The molecule has 4 nitrogen and oxygen atoms in total. The fourth-order valence-corrected chi connectivity index (χ4v) is 2.40. The highest BCUT2D eigenvalue weighted by Gasteiger charge is 2.44. The highest BCUT2D eigenvalue weighted by Crippen LogP contribution is 2.38. The quantitative estimate of drug-likeness (QED) is 0.687. The van der Waals surface area contributed by atoms with Gasteiger partial charge < -0.3 is 14.3 Å². The van der Waals surface area contributed by atoms with Crippen molar-refractivity contribution in [1.82, 2.24) is 0 Å². The Hall–Kier alpha value is -0.740. The first kappa shape index (κ1) is 10.8. The van der Waals surface area contributed by atoms with E-state index < -0.39 is 5.79 Å². The van der Waals surface area contributed by atoms with Crippen LogP contribution in [0.25, 0.3) is 0 Å². The van der Waals surface area contributed by atoms with Crippen molar-refractivity contribution >= 4 is 11.6 Å². The average molecular weight is 212 g/mol. The van der Waals surface area contributed by atoms with Crippen LogP contribution in [0.4, 0.5) is 0 Å². The van der Waals surface area contributed by atoms with Crippen LogP contribution >= 0.6 is 0 Å². The Labute approximate surface area is 88.9 Å². The zero-order valence-electron chi connectivity index (χ0n) is 8.95. The van der Waals surface area contributed by atoms with Crippen LogP contribution in [0.1, 0.15) is 32.6 Å². The minimum absolute atomic E-state index is 0.0587. The Balaban J connectivity index is 2.03. The van der Waals surface area contributed by atoms with Gasteiger partial charge in [-0.2, -0.15) is 0 Å². The molecule has 0 radical (unpaired) electrons. The summed E-state index contributed by atoms with van der Waals surface area (Å²) in [5.41, 5.74) is 0. The molecule has 1 unspecified atom stereocenters. The third-order valence-corrected chi connectivity index (χ3v) is 3.11. The maximum absolute atomic E-state index is 11.6. The van der Waals surface area contributed by atoms with E-state index >= 15 is 0 Å². The fraction of sp³-hybridized carbons (Fsp3) is 0.818. The molecule has 1 saturated carbocycles. The fourth-order valence-electron chi connectivity index (χ4n) is 2.40. The Morgan fingerprint density at radius 3 is 2.73 bits per heavy atom. The minimum Gasteiger partial charge on any atom is -0.347 e. The lowest BCUT2D eigenvalue weighted by Gasteiger charge is -2.34. The van der Waals surface area contributed by atoms with Crippen LogP contribution in [0.15, 0.2) is 0 Å². The molecule has 1 aliphatic heterocycles. The first-order valence-electron chi connectivity index (χ1n) is 5.41. The first-order chi connectivity index (χ1) is 7.11. The van der Waals surface area contributed by atoms with Crippen LogP contribution in [0.2, 0.25) is 0 Å². The van der Waals surface area contributed by atoms with Crippen molar-refractivity contribution in [3.63, 3.8) is 0 Å². The Morgan fingerprint density at radius 1 is 1.47 bits per heavy atom. The van der Waals surface area contributed by atoms with E-state index in [0.29, 0.717) is 38.9 Å². The van der Waals surface area contributed by atoms with Gasteiger partial charge in [-0.1, -0.05) is 0 Å². The smallest absolute Gasteiger partial charge is 0.169 e. The molecule has 2 fully saturated rings. The van der Waals surface area contributed by atoms with Gasteiger partial charge in [0.15, 0.2) is 5.79 Å². The van der Waals surface area contributed by atoms with Crippen LogP contribution in [-0.2, 0) is 19.1 Å². The molecule has 84 valence electrons. The number of ketones is 2. The van der Waals surface area contributed by atoms with Gasteiger partial charge in [-0.15, -0.1) is 0 Å². The first-order valence-corrected chi connectivity index (χ1v) is 5.41. The summed E-state index contributed by atoms with van der Waals surface area (Å²) in [5, 5.41) is 0. The Kier molecular flexibility index (Phi) is 2.89. The van der Waals surface area contributed by atoms with E-state index in [1.807, 2.05) is 0 Å². The van der Waals surface area contributed by atoms with Crippen LogP contribution in [0.5, 0.6) is 0 Å². The van der Waals surface area contributed by atoms with E-state index in [2.05, 4.69) is 0 Å². The molecule has 1 heterocycles. The second kappa shape index (κ2) is 4.02. The third kappa shape index (κ3) is 2.26. The van der Waals surface area contributed by atoms with Gasteiger partial charge in [0.25, 0.3) is 0 Å². The van der Waals surface area contributed by atoms with Gasteiger partial charge in [-0.25, -0.2) is 0 Å². The largest absolute Gasteiger partial charge is 0.347 e. The maximum atomic E-state index is 11.6. The summed E-state index contributed by atoms with van der Waals surface area (Å²) >= 11 is 0. The van der Waals surface area contributed by atoms with Crippen molar-refractivity contribution in [2.75, 3.05) is 13.2 Å². The monoisotopic (exact) mass is 212 g/mol. The van der Waals surface area contributed by atoms with Gasteiger partial charge in [0.1, 0.15) is 11.6 Å². The highest BCUT2D eigenvalue weighted by molar-refractivity contribution is 5.87. The van der Waals surface area contributed by atoms with E-state index in [9.17, 15) is 9.59 Å². The van der Waals surface area contributed by atoms with Gasteiger partial charge in [0.05, 0.1) is 13.2 Å². The van der Waals surface area contributed by atoms with E-state index in [4.69, 9.17) is 9.47 Å². The Morgan fingerprint density at radius 2 is 2.13 bits per heavy atom. The molecule has 2 aliphatic rings. The standard InChI is InChI=1S/C11H16O4/c1-8(12)6-9-7-11(3-2-10(9)13)14-4-5-15-11/h9H,2-7H2,1H3. The van der Waals surface area contributed by atoms with Gasteiger partial charge in [0.2, 0.25) is 0 Å². The summed E-state index contributed by atoms with van der Waals surface area (Å²) in [6.45, 7) is 2.72. The van der Waals surface area contributed by atoms with E-state index in [-0.39, 0.29) is 17.5 Å². The molecule has 1 saturated heterocycles. The molecule has 0 bridgehead atoms. The summed E-state index contributed by atoms with van der Waals surface area (Å²) in [7, 11) is 0. The van der Waals surface area contributed by atoms with E-state index in [0.717, 1.165) is 0 Å². The van der Waals surface area contributed by atoms with Crippen molar-refractivity contribution in [3.8, 4) is 0 Å². The SMILES string of the molecule is CC(=O)CC1CC2(CCC1=O)OCCO2. The van der Waals surface area contributed by atoms with Gasteiger partial charge in [0, 0.05) is 31.6 Å². The topological polar surface area (TPSA) is 52.6 Å². The second-order valence-electron chi connectivity index (χ2n) is 4.38. The van der Waals surface area contributed by atoms with Crippen molar-refractivity contribution in [3.05, 3.63) is 0 Å². The molecule has 4 heteroatoms. The van der Waals surface area contributed by atoms with E-state index in [1.165, 1.54) is 6.92 Å². The molecule has 1 aliphatic carbocycles. The molecule has 0 amide bonds. The van der Waals surface area contributed by atoms with Gasteiger partial charge >= 0.3 is 0 Å². The predicted molar refractivity (Wildman–Crippen MR) is 52.3 cm³/mol. The number of hydrogen-bond acceptors (Lipinski definition) is 4. The van der Waals surface area contributed by atoms with Gasteiger partial charge in [-0.05, 0) is 6.92 Å². The van der Waals surface area contributed by atoms with Crippen molar-refractivity contribution in [2.45, 2.75) is 38.4 Å². The molecule has 0 aromatic carbocycles. The Bertz CT molecular complexity index is 278. The zero-order valence-corrected chi connectivity index (χ0v) is 8.95. The number of carbonyl (C=O) groups is 2. The van der Waals surface area contributed by atoms with Gasteiger partial charge in [-0.3, -0.25) is 4.79 Å². The lowest BCUT2D eigenvalue weighted by molar-refractivity contribution is -0.189. The summed E-state index contributed by atoms with van der Waals surface area (Å²) in [5.74, 6) is -0.527. The number of carbonyl (C=O) groups excluding carboxylic acids is 2. The third-order valence-electron chi connectivity index (χ3n) is 3.11. The molecule has 0 aromatic heterocycles. The molecule has 2 rings (SSSR count).